The van der Waals surface area contributed by atoms with Gasteiger partial charge >= 0.3 is 5.97 Å². The highest BCUT2D eigenvalue weighted by atomic mass is 16.5. The van der Waals surface area contributed by atoms with Crippen molar-refractivity contribution < 1.29 is 19.4 Å². The Hall–Kier alpha value is -2.12. The van der Waals surface area contributed by atoms with Crippen molar-refractivity contribution in [1.29, 1.82) is 0 Å². The lowest BCUT2D eigenvalue weighted by Crippen LogP contribution is -2.36. The number of rotatable bonds is 6. The maximum Gasteiger partial charge on any atom is 0.320 e. The standard InChI is InChI=1S/C15H21N3O4/c16-13(15(20)21)5-6-14(19)17-11-1-3-12(4-2-11)18-7-9-22-10-8-18/h1-4,13H,5-10,16H2,(H,17,19)(H,20,21)/t13-/m0/s1. The van der Waals surface area contributed by atoms with Crippen LogP contribution < -0.4 is 16.0 Å². The van der Waals surface area contributed by atoms with E-state index in [1.165, 1.54) is 0 Å². The van der Waals surface area contributed by atoms with E-state index in [2.05, 4.69) is 10.2 Å². The number of nitrogens with two attached hydrogens (primary N) is 1. The first-order valence-electron chi connectivity index (χ1n) is 7.27. The Morgan fingerprint density at radius 1 is 1.27 bits per heavy atom. The number of amides is 1. The molecular formula is C15H21N3O4. The molecule has 1 aromatic rings. The van der Waals surface area contributed by atoms with Crippen LogP contribution in [0.2, 0.25) is 0 Å². The molecule has 4 N–H and O–H groups in total. The highest BCUT2D eigenvalue weighted by Gasteiger charge is 2.14. The maximum atomic E-state index is 11.7. The first-order chi connectivity index (χ1) is 10.6. The molecular weight excluding hydrogens is 286 g/mol. The van der Waals surface area contributed by atoms with Crippen LogP contribution in [0, 0.1) is 0 Å². The van der Waals surface area contributed by atoms with Gasteiger partial charge in [0.2, 0.25) is 5.91 Å². The molecule has 0 unspecified atom stereocenters. The molecule has 1 aliphatic heterocycles. The second kappa shape index (κ2) is 7.77. The lowest BCUT2D eigenvalue weighted by atomic mass is 10.1. The summed E-state index contributed by atoms with van der Waals surface area (Å²) in [4.78, 5) is 24.6. The summed E-state index contributed by atoms with van der Waals surface area (Å²) in [5, 5.41) is 11.4. The summed E-state index contributed by atoms with van der Waals surface area (Å²) in [6, 6.07) is 6.56. The van der Waals surface area contributed by atoms with Crippen molar-refractivity contribution in [2.45, 2.75) is 18.9 Å². The minimum atomic E-state index is -1.09. The quantitative estimate of drug-likeness (QED) is 0.713. The lowest BCUT2D eigenvalue weighted by molar-refractivity contribution is -0.138. The number of carbonyl (C=O) groups is 2. The molecule has 0 spiro atoms. The summed E-state index contributed by atoms with van der Waals surface area (Å²) in [6.07, 6.45) is 0.200. The normalized spacial score (nSPS) is 16.1. The minimum absolute atomic E-state index is 0.0820. The van der Waals surface area contributed by atoms with Crippen molar-refractivity contribution in [2.24, 2.45) is 5.73 Å². The highest BCUT2D eigenvalue weighted by molar-refractivity contribution is 5.91. The summed E-state index contributed by atoms with van der Waals surface area (Å²) < 4.78 is 5.31. The van der Waals surface area contributed by atoms with E-state index in [0.717, 1.165) is 32.0 Å². The van der Waals surface area contributed by atoms with Gasteiger partial charge in [-0.3, -0.25) is 9.59 Å². The van der Waals surface area contributed by atoms with Crippen molar-refractivity contribution in [3.05, 3.63) is 24.3 Å². The van der Waals surface area contributed by atoms with Gasteiger partial charge in [0.05, 0.1) is 13.2 Å². The Labute approximate surface area is 129 Å². The van der Waals surface area contributed by atoms with Crippen LogP contribution in [0.25, 0.3) is 0 Å². The molecule has 1 saturated heterocycles. The van der Waals surface area contributed by atoms with Crippen molar-refractivity contribution in [2.75, 3.05) is 36.5 Å². The van der Waals surface area contributed by atoms with Gasteiger partial charge in [-0.2, -0.15) is 0 Å². The van der Waals surface area contributed by atoms with Crippen molar-refractivity contribution in [1.82, 2.24) is 0 Å². The molecule has 0 saturated carbocycles. The average molecular weight is 307 g/mol. The molecule has 1 fully saturated rings. The van der Waals surface area contributed by atoms with E-state index in [-0.39, 0.29) is 18.7 Å². The number of hydrogen-bond acceptors (Lipinski definition) is 5. The van der Waals surface area contributed by atoms with Crippen molar-refractivity contribution >= 4 is 23.3 Å². The molecule has 120 valence electrons. The van der Waals surface area contributed by atoms with Gasteiger partial charge < -0.3 is 25.8 Å². The van der Waals surface area contributed by atoms with Gasteiger partial charge in [-0.1, -0.05) is 0 Å². The Morgan fingerprint density at radius 2 is 1.91 bits per heavy atom. The number of carboxylic acids is 1. The van der Waals surface area contributed by atoms with Gasteiger partial charge in [0.25, 0.3) is 0 Å². The topological polar surface area (TPSA) is 105 Å². The fourth-order valence-corrected chi connectivity index (χ4v) is 2.21. The van der Waals surface area contributed by atoms with E-state index < -0.39 is 12.0 Å². The monoisotopic (exact) mass is 307 g/mol. The van der Waals surface area contributed by atoms with Gasteiger partial charge in [-0.15, -0.1) is 0 Å². The molecule has 7 nitrogen and oxygen atoms in total. The predicted octanol–water partition coefficient (Wildman–Crippen LogP) is 0.654. The zero-order chi connectivity index (χ0) is 15.9. The number of carboxylic acid groups (broad SMARTS) is 1. The number of benzene rings is 1. The largest absolute Gasteiger partial charge is 0.480 e. The van der Waals surface area contributed by atoms with Gasteiger partial charge in [-0.25, -0.2) is 0 Å². The van der Waals surface area contributed by atoms with Gasteiger partial charge in [0.1, 0.15) is 6.04 Å². The number of nitrogens with zero attached hydrogens (tertiary/aromatic N) is 1. The molecule has 22 heavy (non-hydrogen) atoms. The first kappa shape index (κ1) is 16.3. The Morgan fingerprint density at radius 3 is 2.50 bits per heavy atom. The SMILES string of the molecule is N[C@@H](CCC(=O)Nc1ccc(N2CCOCC2)cc1)C(=O)O. The van der Waals surface area contributed by atoms with Crippen LogP contribution in [0.1, 0.15) is 12.8 Å². The molecule has 2 rings (SSSR count). The lowest BCUT2D eigenvalue weighted by Gasteiger charge is -2.28. The van der Waals surface area contributed by atoms with E-state index in [0.29, 0.717) is 5.69 Å². The van der Waals surface area contributed by atoms with Crippen LogP contribution in [-0.4, -0.2) is 49.3 Å². The number of anilines is 2. The molecule has 1 aromatic carbocycles. The zero-order valence-electron chi connectivity index (χ0n) is 12.3. The number of morpholine rings is 1. The second-order valence-corrected chi connectivity index (χ2v) is 5.18. The van der Waals surface area contributed by atoms with Crippen LogP contribution in [0.3, 0.4) is 0 Å². The number of carbonyl (C=O) groups excluding carboxylic acids is 1. The number of aliphatic carboxylic acids is 1. The minimum Gasteiger partial charge on any atom is -0.480 e. The third-order valence-corrected chi connectivity index (χ3v) is 3.53. The van der Waals surface area contributed by atoms with Crippen LogP contribution >= 0.6 is 0 Å². The Balaban J connectivity index is 1.82. The predicted molar refractivity (Wildman–Crippen MR) is 82.9 cm³/mol. The molecule has 0 aliphatic carbocycles. The second-order valence-electron chi connectivity index (χ2n) is 5.18. The smallest absolute Gasteiger partial charge is 0.320 e. The molecule has 0 aromatic heterocycles. The Kier molecular flexibility index (Phi) is 5.74. The third-order valence-electron chi connectivity index (χ3n) is 3.53. The molecule has 1 aliphatic rings. The van der Waals surface area contributed by atoms with Crippen molar-refractivity contribution in [3.8, 4) is 0 Å². The average Bonchev–Trinajstić information content (AvgIpc) is 2.54. The van der Waals surface area contributed by atoms with Crippen LogP contribution in [0.15, 0.2) is 24.3 Å². The summed E-state index contributed by atoms with van der Waals surface area (Å²) in [5.41, 5.74) is 7.14. The molecule has 7 heteroatoms. The third kappa shape index (κ3) is 4.71. The number of hydrogen-bond donors (Lipinski definition) is 3. The number of ether oxygens (including phenoxy) is 1. The van der Waals surface area contributed by atoms with Crippen LogP contribution in [0.4, 0.5) is 11.4 Å². The summed E-state index contributed by atoms with van der Waals surface area (Å²) in [5.74, 6) is -1.33. The number of nitrogens with one attached hydrogen (secondary N) is 1. The van der Waals surface area contributed by atoms with Gasteiger partial charge in [0, 0.05) is 30.9 Å². The van der Waals surface area contributed by atoms with E-state index in [4.69, 9.17) is 15.6 Å². The maximum absolute atomic E-state index is 11.7. The van der Waals surface area contributed by atoms with E-state index in [9.17, 15) is 9.59 Å². The van der Waals surface area contributed by atoms with E-state index >= 15 is 0 Å². The Bertz CT molecular complexity index is 512. The summed E-state index contributed by atoms with van der Waals surface area (Å²) >= 11 is 0. The zero-order valence-corrected chi connectivity index (χ0v) is 12.3. The van der Waals surface area contributed by atoms with E-state index in [1.54, 1.807) is 0 Å². The molecule has 1 atom stereocenters. The fraction of sp³-hybridized carbons (Fsp3) is 0.467. The van der Waals surface area contributed by atoms with E-state index in [1.807, 2.05) is 24.3 Å². The van der Waals surface area contributed by atoms with Gasteiger partial charge in [-0.05, 0) is 30.7 Å². The summed E-state index contributed by atoms with van der Waals surface area (Å²) in [6.45, 7) is 3.17. The van der Waals surface area contributed by atoms with Crippen molar-refractivity contribution in [3.63, 3.8) is 0 Å². The fourth-order valence-electron chi connectivity index (χ4n) is 2.21. The molecule has 0 bridgehead atoms. The van der Waals surface area contributed by atoms with Gasteiger partial charge in [0.15, 0.2) is 0 Å². The van der Waals surface area contributed by atoms with Crippen LogP contribution in [0.5, 0.6) is 0 Å². The summed E-state index contributed by atoms with van der Waals surface area (Å²) in [7, 11) is 0. The molecule has 0 radical (unpaired) electrons. The highest BCUT2D eigenvalue weighted by Crippen LogP contribution is 2.19. The first-order valence-corrected chi connectivity index (χ1v) is 7.27. The van der Waals surface area contributed by atoms with Crippen LogP contribution in [-0.2, 0) is 14.3 Å². The molecule has 1 amide bonds. The molecule has 1 heterocycles.